The highest BCUT2D eigenvalue weighted by molar-refractivity contribution is 5.68. The summed E-state index contributed by atoms with van der Waals surface area (Å²) in [6.07, 6.45) is 3.25. The first-order chi connectivity index (χ1) is 15.3. The number of likely N-dealkylation sites (tertiary alicyclic amines) is 1. The Bertz CT molecular complexity index is 1170. The van der Waals surface area contributed by atoms with Gasteiger partial charge in [-0.05, 0) is 45.7 Å². The summed E-state index contributed by atoms with van der Waals surface area (Å²) in [5, 5.41) is 4.41. The second kappa shape index (κ2) is 8.91. The van der Waals surface area contributed by atoms with E-state index >= 15 is 0 Å². The lowest BCUT2D eigenvalue weighted by molar-refractivity contribution is 0.0197. The van der Waals surface area contributed by atoms with Gasteiger partial charge in [0, 0.05) is 30.6 Å². The van der Waals surface area contributed by atoms with Crippen molar-refractivity contribution in [1.82, 2.24) is 19.5 Å². The van der Waals surface area contributed by atoms with Crippen molar-refractivity contribution in [2.45, 2.75) is 45.1 Å². The lowest BCUT2D eigenvalue weighted by Gasteiger charge is -2.34. The molecular weight excluding hydrogens is 404 g/mol. The summed E-state index contributed by atoms with van der Waals surface area (Å²) in [4.78, 5) is 19.2. The third kappa shape index (κ3) is 4.86. The van der Waals surface area contributed by atoms with Crippen LogP contribution in [-0.2, 0) is 4.74 Å². The predicted octanol–water partition coefficient (Wildman–Crippen LogP) is 4.25. The van der Waals surface area contributed by atoms with Crippen molar-refractivity contribution in [2.24, 2.45) is 0 Å². The zero-order valence-electron chi connectivity index (χ0n) is 19.0. The molecule has 3 heterocycles. The molecule has 7 nitrogen and oxygen atoms in total. The summed E-state index contributed by atoms with van der Waals surface area (Å²) in [7, 11) is 1.61. The third-order valence-electron chi connectivity index (χ3n) is 5.27. The van der Waals surface area contributed by atoms with Gasteiger partial charge in [-0.2, -0.15) is 9.61 Å². The molecule has 1 aliphatic rings. The van der Waals surface area contributed by atoms with Crippen molar-refractivity contribution >= 4 is 11.7 Å². The Morgan fingerprint density at radius 3 is 2.69 bits per heavy atom. The molecule has 1 fully saturated rings. The molecule has 1 unspecified atom stereocenters. The van der Waals surface area contributed by atoms with Crippen LogP contribution in [0.3, 0.4) is 0 Å². The topological polar surface area (TPSA) is 69.0 Å². The standard InChI is InChI=1S/C25H28N4O3/c1-25(2,3)32-24(30)28-14-8-11-20(17-28)21-15-22(31-4)29-23(27-21)19(16-26-29)13-12-18-9-6-5-7-10-18/h5-7,9-10,15-16,20H,8,11,14,17H2,1-4H3. The smallest absolute Gasteiger partial charge is 0.410 e. The molecule has 1 amide bonds. The summed E-state index contributed by atoms with van der Waals surface area (Å²) >= 11 is 0. The van der Waals surface area contributed by atoms with Crippen molar-refractivity contribution in [2.75, 3.05) is 20.2 Å². The van der Waals surface area contributed by atoms with E-state index in [0.717, 1.165) is 29.7 Å². The van der Waals surface area contributed by atoms with Gasteiger partial charge >= 0.3 is 6.09 Å². The van der Waals surface area contributed by atoms with Crippen molar-refractivity contribution < 1.29 is 14.3 Å². The molecule has 0 aliphatic carbocycles. The Morgan fingerprint density at radius 1 is 1.19 bits per heavy atom. The van der Waals surface area contributed by atoms with Crippen LogP contribution in [-0.4, -0.2) is 51.4 Å². The highest BCUT2D eigenvalue weighted by Crippen LogP contribution is 2.30. The van der Waals surface area contributed by atoms with Crippen LogP contribution in [0.1, 0.15) is 56.4 Å². The number of nitrogens with zero attached hydrogens (tertiary/aromatic N) is 4. The molecule has 166 valence electrons. The first kappa shape index (κ1) is 21.7. The van der Waals surface area contributed by atoms with Gasteiger partial charge in [0.15, 0.2) is 5.65 Å². The van der Waals surface area contributed by atoms with Gasteiger partial charge in [0.05, 0.1) is 24.6 Å². The average molecular weight is 433 g/mol. The van der Waals surface area contributed by atoms with Crippen LogP contribution in [0.25, 0.3) is 5.65 Å². The molecule has 4 rings (SSSR count). The molecule has 0 saturated carbocycles. The number of carbonyl (C=O) groups excluding carboxylic acids is 1. The predicted molar refractivity (Wildman–Crippen MR) is 122 cm³/mol. The number of hydrogen-bond donors (Lipinski definition) is 0. The van der Waals surface area contributed by atoms with E-state index in [1.807, 2.05) is 57.2 Å². The first-order valence-electron chi connectivity index (χ1n) is 10.8. The summed E-state index contributed by atoms with van der Waals surface area (Å²) in [5.41, 5.74) is 2.65. The minimum absolute atomic E-state index is 0.0833. The Kier molecular flexibility index (Phi) is 6.04. The summed E-state index contributed by atoms with van der Waals surface area (Å²) in [6.45, 7) is 6.88. The first-order valence-corrected chi connectivity index (χ1v) is 10.8. The van der Waals surface area contributed by atoms with E-state index < -0.39 is 5.60 Å². The summed E-state index contributed by atoms with van der Waals surface area (Å²) in [6, 6.07) is 11.7. The molecule has 0 N–H and O–H groups in total. The molecular formula is C25H28N4O3. The molecule has 1 atom stereocenters. The van der Waals surface area contributed by atoms with Gasteiger partial charge in [-0.1, -0.05) is 30.0 Å². The molecule has 3 aromatic rings. The largest absolute Gasteiger partial charge is 0.481 e. The lowest BCUT2D eigenvalue weighted by atomic mass is 9.94. The zero-order chi connectivity index (χ0) is 22.7. The molecule has 0 bridgehead atoms. The van der Waals surface area contributed by atoms with Gasteiger partial charge in [-0.15, -0.1) is 0 Å². The SMILES string of the molecule is COc1cc(C2CCCN(C(=O)OC(C)(C)C)C2)nc2c(C#Cc3ccccc3)cnn12. The van der Waals surface area contributed by atoms with Crippen LogP contribution in [0.2, 0.25) is 0 Å². The molecule has 0 radical (unpaired) electrons. The van der Waals surface area contributed by atoms with E-state index in [-0.39, 0.29) is 12.0 Å². The van der Waals surface area contributed by atoms with Gasteiger partial charge in [0.2, 0.25) is 5.88 Å². The van der Waals surface area contributed by atoms with E-state index in [4.69, 9.17) is 14.5 Å². The van der Waals surface area contributed by atoms with Crippen LogP contribution in [0.4, 0.5) is 4.79 Å². The lowest BCUT2D eigenvalue weighted by Crippen LogP contribution is -2.42. The number of methoxy groups -OCH3 is 1. The normalized spacial score (nSPS) is 16.4. The maximum Gasteiger partial charge on any atom is 0.410 e. The number of fused-ring (bicyclic) bond motifs is 1. The fourth-order valence-electron chi connectivity index (χ4n) is 3.77. The minimum atomic E-state index is -0.520. The van der Waals surface area contributed by atoms with Gasteiger partial charge < -0.3 is 14.4 Å². The molecule has 1 aromatic carbocycles. The summed E-state index contributed by atoms with van der Waals surface area (Å²) < 4.78 is 12.8. The number of amides is 1. The number of aromatic nitrogens is 3. The number of piperidine rings is 1. The van der Waals surface area contributed by atoms with Crippen molar-refractivity contribution in [1.29, 1.82) is 0 Å². The van der Waals surface area contributed by atoms with Crippen LogP contribution >= 0.6 is 0 Å². The van der Waals surface area contributed by atoms with Crippen molar-refractivity contribution in [3.63, 3.8) is 0 Å². The van der Waals surface area contributed by atoms with E-state index in [1.165, 1.54) is 0 Å². The Hall–Kier alpha value is -3.53. The maximum atomic E-state index is 12.6. The quantitative estimate of drug-likeness (QED) is 0.566. The van der Waals surface area contributed by atoms with Crippen LogP contribution in [0.15, 0.2) is 42.6 Å². The van der Waals surface area contributed by atoms with Gasteiger partial charge in [0.1, 0.15) is 5.60 Å². The van der Waals surface area contributed by atoms with Crippen LogP contribution in [0, 0.1) is 11.8 Å². The summed E-state index contributed by atoms with van der Waals surface area (Å²) in [5.74, 6) is 7.02. The van der Waals surface area contributed by atoms with Crippen molar-refractivity contribution in [3.05, 3.63) is 59.4 Å². The number of benzene rings is 1. The molecule has 1 saturated heterocycles. The number of ether oxygens (including phenoxy) is 2. The fourth-order valence-corrected chi connectivity index (χ4v) is 3.77. The number of carbonyl (C=O) groups is 1. The Labute approximate surface area is 188 Å². The molecule has 1 aliphatic heterocycles. The second-order valence-electron chi connectivity index (χ2n) is 8.90. The highest BCUT2D eigenvalue weighted by Gasteiger charge is 2.29. The van der Waals surface area contributed by atoms with Gasteiger partial charge in [-0.25, -0.2) is 9.78 Å². The molecule has 0 spiro atoms. The van der Waals surface area contributed by atoms with Crippen LogP contribution in [0.5, 0.6) is 5.88 Å². The fraction of sp³-hybridized carbons (Fsp3) is 0.400. The highest BCUT2D eigenvalue weighted by atomic mass is 16.6. The molecule has 32 heavy (non-hydrogen) atoms. The maximum absolute atomic E-state index is 12.6. The zero-order valence-corrected chi connectivity index (χ0v) is 19.0. The van der Waals surface area contributed by atoms with Gasteiger partial charge in [-0.3, -0.25) is 0 Å². The van der Waals surface area contributed by atoms with Crippen molar-refractivity contribution in [3.8, 4) is 17.7 Å². The van der Waals surface area contributed by atoms with E-state index in [9.17, 15) is 4.79 Å². The average Bonchev–Trinajstić information content (AvgIpc) is 3.19. The van der Waals surface area contributed by atoms with E-state index in [1.54, 1.807) is 22.7 Å². The minimum Gasteiger partial charge on any atom is -0.481 e. The van der Waals surface area contributed by atoms with Gasteiger partial charge in [0.25, 0.3) is 0 Å². The Balaban J connectivity index is 1.64. The molecule has 7 heteroatoms. The number of rotatable bonds is 2. The second-order valence-corrected chi connectivity index (χ2v) is 8.90. The van der Waals surface area contributed by atoms with Crippen LogP contribution < -0.4 is 4.74 Å². The number of hydrogen-bond acceptors (Lipinski definition) is 5. The monoisotopic (exact) mass is 432 g/mol. The molecule has 2 aromatic heterocycles. The third-order valence-corrected chi connectivity index (χ3v) is 5.27. The van der Waals surface area contributed by atoms with E-state index in [0.29, 0.717) is 24.6 Å². The Morgan fingerprint density at radius 2 is 1.97 bits per heavy atom. The van der Waals surface area contributed by atoms with E-state index in [2.05, 4.69) is 16.9 Å².